The Balaban J connectivity index is 1.28. The van der Waals surface area contributed by atoms with E-state index in [0.717, 1.165) is 82.6 Å². The quantitative estimate of drug-likeness (QED) is 0.141. The lowest BCUT2D eigenvalue weighted by molar-refractivity contribution is -0.351. The van der Waals surface area contributed by atoms with Crippen LogP contribution in [0.15, 0.2) is 42.0 Å². The summed E-state index contributed by atoms with van der Waals surface area (Å²) in [5, 5.41) is 39.4. The number of hydrogen-bond donors (Lipinski definition) is 5. The minimum Gasteiger partial charge on any atom is -0.458 e. The summed E-state index contributed by atoms with van der Waals surface area (Å²) in [5.41, 5.74) is 4.86. The Hall–Kier alpha value is -2.30. The number of hydrazine groups is 1. The third kappa shape index (κ3) is 7.04. The number of fused-ring (bicyclic) bond motifs is 2. The number of cyclic esters (lactones) is 1. The zero-order valence-electron chi connectivity index (χ0n) is 32.5. The Labute approximate surface area is 317 Å². The third-order valence-corrected chi connectivity index (χ3v) is 15.4. The van der Waals surface area contributed by atoms with Crippen molar-refractivity contribution in [2.24, 2.45) is 40.4 Å². The van der Waals surface area contributed by atoms with Crippen molar-refractivity contribution in [1.82, 2.24) is 10.9 Å². The van der Waals surface area contributed by atoms with Crippen LogP contribution in [0, 0.1) is 40.4 Å². The van der Waals surface area contributed by atoms with Crippen molar-refractivity contribution < 1.29 is 34.4 Å². The van der Waals surface area contributed by atoms with Crippen LogP contribution >= 0.6 is 0 Å². The highest BCUT2D eigenvalue weighted by atomic mass is 16.6. The van der Waals surface area contributed by atoms with Crippen molar-refractivity contribution >= 4 is 11.9 Å². The number of carbonyl (C=O) groups is 2. The van der Waals surface area contributed by atoms with Crippen LogP contribution in [0.3, 0.4) is 0 Å². The van der Waals surface area contributed by atoms with Gasteiger partial charge in [-0.05, 0) is 111 Å². The van der Waals surface area contributed by atoms with Gasteiger partial charge >= 0.3 is 11.9 Å². The SMILES string of the molecule is C[C@H](CCCc1ccccc1)CC[C@H](O)[C@]12C3[C@@](OC(=O)C4CCCCC4)(C[C@H](C)[C@]1(O)CCC1=CC(=O)OC1)NN[C@H]1CCC[C@@H]1[C@]3(C)CC[C@@H]2O. The maximum atomic E-state index is 14.3. The minimum absolute atomic E-state index is 0.154. The molecule has 5 fully saturated rings. The Morgan fingerprint density at radius 2 is 1.79 bits per heavy atom. The lowest BCUT2D eigenvalue weighted by atomic mass is 9.36. The molecule has 7 rings (SSSR count). The van der Waals surface area contributed by atoms with Gasteiger partial charge in [0.05, 0.1) is 29.1 Å². The van der Waals surface area contributed by atoms with Crippen molar-refractivity contribution in [3.05, 3.63) is 47.5 Å². The lowest BCUT2D eigenvalue weighted by Gasteiger charge is -2.71. The van der Waals surface area contributed by atoms with Crippen LogP contribution in [-0.4, -0.2) is 63.4 Å². The predicted molar refractivity (Wildman–Crippen MR) is 203 cm³/mol. The van der Waals surface area contributed by atoms with Gasteiger partial charge < -0.3 is 24.8 Å². The number of nitrogens with one attached hydrogen (secondary N) is 2. The smallest absolute Gasteiger partial charge is 0.331 e. The minimum atomic E-state index is -1.53. The van der Waals surface area contributed by atoms with Gasteiger partial charge in [0.1, 0.15) is 6.61 Å². The van der Waals surface area contributed by atoms with Crippen LogP contribution in [0.1, 0.15) is 135 Å². The van der Waals surface area contributed by atoms with Gasteiger partial charge in [-0.2, -0.15) is 0 Å². The summed E-state index contributed by atoms with van der Waals surface area (Å²) in [5.74, 6) is -1.23. The second kappa shape index (κ2) is 15.7. The van der Waals surface area contributed by atoms with Gasteiger partial charge in [-0.3, -0.25) is 10.2 Å². The molecule has 1 aromatic rings. The molecule has 0 bridgehead atoms. The molecule has 2 aliphatic heterocycles. The number of aliphatic hydroxyl groups excluding tert-OH is 2. The van der Waals surface area contributed by atoms with Gasteiger partial charge in [-0.15, -0.1) is 0 Å². The Bertz CT molecular complexity index is 1480. The van der Waals surface area contributed by atoms with E-state index < -0.39 is 46.2 Å². The Morgan fingerprint density at radius 3 is 2.53 bits per heavy atom. The summed E-state index contributed by atoms with van der Waals surface area (Å²) in [6, 6.07) is 10.7. The molecule has 1 unspecified atom stereocenters. The molecule has 4 aliphatic carbocycles. The van der Waals surface area contributed by atoms with E-state index in [1.165, 1.54) is 11.6 Å². The van der Waals surface area contributed by atoms with Crippen LogP contribution in [-0.2, 0) is 25.5 Å². The number of rotatable bonds is 13. The molecule has 11 atom stereocenters. The fourth-order valence-corrected chi connectivity index (χ4v) is 12.8. The summed E-state index contributed by atoms with van der Waals surface area (Å²) in [6.07, 6.45) is 13.7. The average Bonchev–Trinajstić information content (AvgIpc) is 3.80. The highest BCUT2D eigenvalue weighted by Gasteiger charge is 2.79. The molecule has 6 aliphatic rings. The molecule has 0 spiro atoms. The summed E-state index contributed by atoms with van der Waals surface area (Å²) >= 11 is 0. The molecule has 1 aromatic carbocycles. The van der Waals surface area contributed by atoms with Gasteiger partial charge in [0.25, 0.3) is 0 Å². The average molecular weight is 735 g/mol. The first kappa shape index (κ1) is 39.0. The molecule has 294 valence electrons. The first-order valence-corrected chi connectivity index (χ1v) is 21.2. The summed E-state index contributed by atoms with van der Waals surface area (Å²) in [6.45, 7) is 6.75. The molecule has 1 saturated heterocycles. The van der Waals surface area contributed by atoms with E-state index in [4.69, 9.17) is 9.47 Å². The number of benzene rings is 1. The molecule has 53 heavy (non-hydrogen) atoms. The lowest BCUT2D eigenvalue weighted by Crippen LogP contribution is -2.82. The molecule has 4 saturated carbocycles. The van der Waals surface area contributed by atoms with E-state index in [1.54, 1.807) is 0 Å². The summed E-state index contributed by atoms with van der Waals surface area (Å²) in [4.78, 5) is 26.4. The van der Waals surface area contributed by atoms with Crippen molar-refractivity contribution in [2.45, 2.75) is 166 Å². The second-order valence-corrected chi connectivity index (χ2v) is 18.5. The number of ether oxygens (including phenoxy) is 2. The molecule has 2 heterocycles. The standard InChI is InChI=1S/C44H66N2O7/c1-29(12-10-15-31-13-6-4-7-14-31)20-21-36(47)44-37(48)23-24-41(3)34-18-11-19-35(34)45-46-43(40(41)44,53-39(50)33-16-8-5-9-17-33)27-30(2)42(44,51)25-22-32-26-38(49)52-28-32/h4,6-7,13-14,26,29-30,33-37,40,45-48,51H,5,8-12,15-25,27-28H2,1-3H3/t29-,30+,34+,35+,36+,37+,40?,41+,42-,43+,44+/m1/s1. The van der Waals surface area contributed by atoms with Gasteiger partial charge in [0.2, 0.25) is 0 Å². The van der Waals surface area contributed by atoms with E-state index in [2.05, 4.69) is 49.0 Å². The first-order chi connectivity index (χ1) is 25.4. The van der Waals surface area contributed by atoms with Crippen molar-refractivity contribution in [2.75, 3.05) is 6.61 Å². The number of carbonyl (C=O) groups excluding carboxylic acids is 2. The maximum absolute atomic E-state index is 14.3. The van der Waals surface area contributed by atoms with Crippen LogP contribution in [0.5, 0.6) is 0 Å². The predicted octanol–water partition coefficient (Wildman–Crippen LogP) is 6.68. The normalized spacial score (nSPS) is 39.6. The van der Waals surface area contributed by atoms with Crippen LogP contribution < -0.4 is 10.9 Å². The van der Waals surface area contributed by atoms with E-state index >= 15 is 0 Å². The van der Waals surface area contributed by atoms with E-state index in [9.17, 15) is 24.9 Å². The number of aryl methyl sites for hydroxylation is 1. The van der Waals surface area contributed by atoms with Crippen LogP contribution in [0.2, 0.25) is 0 Å². The molecular formula is C44H66N2O7. The van der Waals surface area contributed by atoms with Crippen LogP contribution in [0.25, 0.3) is 0 Å². The second-order valence-electron chi connectivity index (χ2n) is 18.5. The Morgan fingerprint density at radius 1 is 1.02 bits per heavy atom. The molecule has 0 aromatic heterocycles. The van der Waals surface area contributed by atoms with Gasteiger partial charge in [0.15, 0.2) is 5.72 Å². The largest absolute Gasteiger partial charge is 0.458 e. The first-order valence-electron chi connectivity index (χ1n) is 21.2. The zero-order chi connectivity index (χ0) is 37.4. The molecule has 0 amide bonds. The molecule has 0 radical (unpaired) electrons. The van der Waals surface area contributed by atoms with Gasteiger partial charge in [0, 0.05) is 24.5 Å². The summed E-state index contributed by atoms with van der Waals surface area (Å²) in [7, 11) is 0. The topological polar surface area (TPSA) is 137 Å². The number of aliphatic hydroxyl groups is 3. The fraction of sp³-hybridized carbons (Fsp3) is 0.773. The fourth-order valence-electron chi connectivity index (χ4n) is 12.8. The molecule has 5 N–H and O–H groups in total. The van der Waals surface area contributed by atoms with Crippen LogP contribution in [0.4, 0.5) is 0 Å². The van der Waals surface area contributed by atoms with Crippen molar-refractivity contribution in [3.8, 4) is 0 Å². The van der Waals surface area contributed by atoms with E-state index in [1.807, 2.05) is 13.0 Å². The maximum Gasteiger partial charge on any atom is 0.331 e. The zero-order valence-corrected chi connectivity index (χ0v) is 32.5. The van der Waals surface area contributed by atoms with E-state index in [0.29, 0.717) is 38.0 Å². The molecule has 9 heteroatoms. The number of esters is 2. The summed E-state index contributed by atoms with van der Waals surface area (Å²) < 4.78 is 12.2. The molecular weight excluding hydrogens is 668 g/mol. The number of hydrogen-bond acceptors (Lipinski definition) is 9. The van der Waals surface area contributed by atoms with Crippen molar-refractivity contribution in [3.63, 3.8) is 0 Å². The monoisotopic (exact) mass is 734 g/mol. The van der Waals surface area contributed by atoms with Crippen molar-refractivity contribution in [1.29, 1.82) is 0 Å². The highest BCUT2D eigenvalue weighted by Crippen LogP contribution is 2.72. The van der Waals surface area contributed by atoms with Gasteiger partial charge in [-0.1, -0.05) is 83.2 Å². The van der Waals surface area contributed by atoms with Gasteiger partial charge in [-0.25, -0.2) is 10.2 Å². The molecule has 9 nitrogen and oxygen atoms in total. The highest BCUT2D eigenvalue weighted by molar-refractivity contribution is 5.85. The van der Waals surface area contributed by atoms with E-state index in [-0.39, 0.29) is 42.8 Å². The Kier molecular flexibility index (Phi) is 11.5. The third-order valence-electron chi connectivity index (χ3n) is 15.4.